The van der Waals surface area contributed by atoms with Gasteiger partial charge in [-0.2, -0.15) is 0 Å². The highest BCUT2D eigenvalue weighted by molar-refractivity contribution is 7.12. The molecule has 4 nitrogen and oxygen atoms in total. The second-order valence-electron chi connectivity index (χ2n) is 7.48. The van der Waals surface area contributed by atoms with Gasteiger partial charge < -0.3 is 9.64 Å². The van der Waals surface area contributed by atoms with Crippen LogP contribution in [0.15, 0.2) is 17.5 Å². The minimum absolute atomic E-state index is 0.0385. The first kappa shape index (κ1) is 21.9. The quantitative estimate of drug-likeness (QED) is 0.313. The number of ether oxygens (including phenoxy) is 1. The Labute approximate surface area is 168 Å². The molecule has 1 amide bonds. The molecule has 27 heavy (non-hydrogen) atoms. The van der Waals surface area contributed by atoms with Gasteiger partial charge in [0, 0.05) is 6.54 Å². The highest BCUT2D eigenvalue weighted by Crippen LogP contribution is 2.23. The molecule has 0 spiro atoms. The topological polar surface area (TPSA) is 46.6 Å². The molecule has 0 saturated carbocycles. The van der Waals surface area contributed by atoms with Crippen LogP contribution in [0.4, 0.5) is 0 Å². The minimum atomic E-state index is -0.400. The molecule has 5 heteroatoms. The van der Waals surface area contributed by atoms with E-state index in [1.165, 1.54) is 62.7 Å². The number of amides is 1. The summed E-state index contributed by atoms with van der Waals surface area (Å²) in [7, 11) is 0. The summed E-state index contributed by atoms with van der Waals surface area (Å²) in [5.74, 6) is -0.267. The summed E-state index contributed by atoms with van der Waals surface area (Å²) in [6.45, 7) is 3.38. The van der Waals surface area contributed by atoms with Crippen LogP contribution in [0.3, 0.4) is 0 Å². The molecule has 1 fully saturated rings. The average Bonchev–Trinajstić information content (AvgIpc) is 3.37. The third-order valence-electron chi connectivity index (χ3n) is 5.26. The SMILES string of the molecule is CCCCCCCCCCCCOC(=O)C1CCCN1C(=O)c1cccs1. The lowest BCUT2D eigenvalue weighted by Gasteiger charge is -2.22. The summed E-state index contributed by atoms with van der Waals surface area (Å²) < 4.78 is 5.47. The van der Waals surface area contributed by atoms with Crippen molar-refractivity contribution < 1.29 is 14.3 Å². The van der Waals surface area contributed by atoms with E-state index in [0.29, 0.717) is 24.4 Å². The van der Waals surface area contributed by atoms with Gasteiger partial charge in [-0.25, -0.2) is 4.79 Å². The fourth-order valence-corrected chi connectivity index (χ4v) is 4.33. The molecule has 1 atom stereocenters. The highest BCUT2D eigenvalue weighted by atomic mass is 32.1. The molecule has 1 aliphatic rings. The minimum Gasteiger partial charge on any atom is -0.464 e. The second-order valence-corrected chi connectivity index (χ2v) is 8.43. The number of rotatable bonds is 13. The average molecular weight is 394 g/mol. The van der Waals surface area contributed by atoms with Gasteiger partial charge >= 0.3 is 5.97 Å². The van der Waals surface area contributed by atoms with Crippen LogP contribution >= 0.6 is 11.3 Å². The van der Waals surface area contributed by atoms with Crippen molar-refractivity contribution >= 4 is 23.2 Å². The van der Waals surface area contributed by atoms with Crippen molar-refractivity contribution in [1.82, 2.24) is 4.90 Å². The third-order valence-corrected chi connectivity index (χ3v) is 6.12. The molecule has 1 aromatic rings. The van der Waals surface area contributed by atoms with E-state index in [2.05, 4.69) is 6.92 Å². The van der Waals surface area contributed by atoms with E-state index < -0.39 is 6.04 Å². The van der Waals surface area contributed by atoms with Gasteiger partial charge in [0.2, 0.25) is 0 Å². The molecule has 0 radical (unpaired) electrons. The Kier molecular flexibility index (Phi) is 10.5. The van der Waals surface area contributed by atoms with Gasteiger partial charge in [0.15, 0.2) is 0 Å². The summed E-state index contributed by atoms with van der Waals surface area (Å²) in [6.07, 6.45) is 14.2. The van der Waals surface area contributed by atoms with Crippen LogP contribution < -0.4 is 0 Å². The zero-order valence-corrected chi connectivity index (χ0v) is 17.6. The van der Waals surface area contributed by atoms with E-state index in [1.807, 2.05) is 17.5 Å². The molecule has 152 valence electrons. The number of nitrogens with zero attached hydrogens (tertiary/aromatic N) is 1. The Morgan fingerprint density at radius 3 is 2.37 bits per heavy atom. The van der Waals surface area contributed by atoms with Gasteiger partial charge in [-0.15, -0.1) is 11.3 Å². The molecule has 2 rings (SSSR count). The summed E-state index contributed by atoms with van der Waals surface area (Å²) in [6, 6.07) is 3.28. The standard InChI is InChI=1S/C22H35NO3S/c1-2-3-4-5-6-7-8-9-10-11-17-26-22(25)19-14-12-16-23(19)21(24)20-15-13-18-27-20/h13,15,18-19H,2-12,14,16-17H2,1H3. The Balaban J connectivity index is 1.54. The molecule has 1 saturated heterocycles. The summed E-state index contributed by atoms with van der Waals surface area (Å²) in [5.41, 5.74) is 0. The molecule has 1 aliphatic heterocycles. The third kappa shape index (κ3) is 7.65. The van der Waals surface area contributed by atoms with E-state index >= 15 is 0 Å². The van der Waals surface area contributed by atoms with Gasteiger partial charge in [0.05, 0.1) is 11.5 Å². The summed E-state index contributed by atoms with van der Waals surface area (Å²) in [5, 5.41) is 1.89. The number of hydrogen-bond acceptors (Lipinski definition) is 4. The maximum atomic E-state index is 12.5. The molecule has 1 aromatic heterocycles. The molecule has 2 heterocycles. The predicted molar refractivity (Wildman–Crippen MR) is 111 cm³/mol. The number of carbonyl (C=O) groups is 2. The lowest BCUT2D eigenvalue weighted by molar-refractivity contribution is -0.148. The van der Waals surface area contributed by atoms with Crippen molar-refractivity contribution in [3.05, 3.63) is 22.4 Å². The van der Waals surface area contributed by atoms with Crippen molar-refractivity contribution in [2.45, 2.75) is 90.0 Å². The molecule has 0 bridgehead atoms. The number of esters is 1. The number of thiophene rings is 1. The van der Waals surface area contributed by atoms with Crippen molar-refractivity contribution in [2.75, 3.05) is 13.2 Å². The Hall–Kier alpha value is -1.36. The highest BCUT2D eigenvalue weighted by Gasteiger charge is 2.35. The molecule has 0 N–H and O–H groups in total. The first-order valence-electron chi connectivity index (χ1n) is 10.7. The van der Waals surface area contributed by atoms with Crippen LogP contribution in [0, 0.1) is 0 Å². The van der Waals surface area contributed by atoms with Crippen LogP contribution in [0.25, 0.3) is 0 Å². The summed E-state index contributed by atoms with van der Waals surface area (Å²) >= 11 is 1.42. The Morgan fingerprint density at radius 1 is 1.07 bits per heavy atom. The first-order valence-corrected chi connectivity index (χ1v) is 11.6. The zero-order chi connectivity index (χ0) is 19.3. The van der Waals surface area contributed by atoms with Crippen molar-refractivity contribution in [1.29, 1.82) is 0 Å². The number of carbonyl (C=O) groups excluding carboxylic acids is 2. The fraction of sp³-hybridized carbons (Fsp3) is 0.727. The smallest absolute Gasteiger partial charge is 0.328 e. The lowest BCUT2D eigenvalue weighted by Crippen LogP contribution is -2.41. The fourth-order valence-electron chi connectivity index (χ4n) is 3.66. The van der Waals surface area contributed by atoms with Crippen LogP contribution in [0.2, 0.25) is 0 Å². The van der Waals surface area contributed by atoms with Gasteiger partial charge in [-0.1, -0.05) is 70.8 Å². The first-order chi connectivity index (χ1) is 13.2. The van der Waals surface area contributed by atoms with Crippen molar-refractivity contribution in [3.8, 4) is 0 Å². The maximum absolute atomic E-state index is 12.5. The van der Waals surface area contributed by atoms with E-state index in [4.69, 9.17) is 4.74 Å². The van der Waals surface area contributed by atoms with E-state index in [1.54, 1.807) is 4.90 Å². The largest absolute Gasteiger partial charge is 0.464 e. The summed E-state index contributed by atoms with van der Waals surface area (Å²) in [4.78, 5) is 27.3. The Bertz CT molecular complexity index is 544. The van der Waals surface area contributed by atoms with E-state index in [-0.39, 0.29) is 11.9 Å². The molecule has 0 aromatic carbocycles. The monoisotopic (exact) mass is 393 g/mol. The molecule has 0 aliphatic carbocycles. The van der Waals surface area contributed by atoms with E-state index in [9.17, 15) is 9.59 Å². The number of unbranched alkanes of at least 4 members (excludes halogenated alkanes) is 9. The van der Waals surface area contributed by atoms with Crippen LogP contribution in [0.5, 0.6) is 0 Å². The van der Waals surface area contributed by atoms with Gasteiger partial charge in [0.1, 0.15) is 6.04 Å². The zero-order valence-electron chi connectivity index (χ0n) is 16.8. The molecule has 1 unspecified atom stereocenters. The van der Waals surface area contributed by atoms with Gasteiger partial charge in [-0.05, 0) is 30.7 Å². The van der Waals surface area contributed by atoms with Crippen molar-refractivity contribution in [2.24, 2.45) is 0 Å². The van der Waals surface area contributed by atoms with Crippen LogP contribution in [-0.4, -0.2) is 36.0 Å². The molecular formula is C22H35NO3S. The van der Waals surface area contributed by atoms with E-state index in [0.717, 1.165) is 19.3 Å². The number of likely N-dealkylation sites (tertiary alicyclic amines) is 1. The van der Waals surface area contributed by atoms with Crippen molar-refractivity contribution in [3.63, 3.8) is 0 Å². The number of hydrogen-bond donors (Lipinski definition) is 0. The lowest BCUT2D eigenvalue weighted by atomic mass is 10.1. The molecular weight excluding hydrogens is 358 g/mol. The van der Waals surface area contributed by atoms with Gasteiger partial charge in [0.25, 0.3) is 5.91 Å². The van der Waals surface area contributed by atoms with Crippen LogP contribution in [0.1, 0.15) is 93.6 Å². The maximum Gasteiger partial charge on any atom is 0.328 e. The van der Waals surface area contributed by atoms with Crippen LogP contribution in [-0.2, 0) is 9.53 Å². The predicted octanol–water partition coefficient (Wildman–Crippen LogP) is 5.82. The normalized spacial score (nSPS) is 16.6. The van der Waals surface area contributed by atoms with Gasteiger partial charge in [-0.3, -0.25) is 4.79 Å². The Morgan fingerprint density at radius 2 is 1.74 bits per heavy atom. The second kappa shape index (κ2) is 12.9.